The number of carbonyl (C=O) groups is 5. The lowest BCUT2D eigenvalue weighted by Crippen LogP contribution is -2.65. The number of hydrogen-bond donors (Lipinski definition) is 4. The lowest BCUT2D eigenvalue weighted by Gasteiger charge is -2.64. The summed E-state index contributed by atoms with van der Waals surface area (Å²) in [6.45, 7) is 16.2. The summed E-state index contributed by atoms with van der Waals surface area (Å²) in [7, 11) is 0. The van der Waals surface area contributed by atoms with Crippen LogP contribution in [0.15, 0.2) is 23.8 Å². The van der Waals surface area contributed by atoms with Crippen molar-refractivity contribution in [3.63, 3.8) is 0 Å². The highest BCUT2D eigenvalue weighted by atomic mass is 16.7. The zero-order valence-corrected chi connectivity index (χ0v) is 30.8. The minimum absolute atomic E-state index is 0.0686. The van der Waals surface area contributed by atoms with Crippen molar-refractivity contribution in [1.29, 1.82) is 0 Å². The molecule has 5 rings (SSSR count). The molecule has 0 spiro atoms. The van der Waals surface area contributed by atoms with Gasteiger partial charge in [-0.05, 0) is 89.5 Å². The van der Waals surface area contributed by atoms with E-state index in [2.05, 4.69) is 0 Å². The third-order valence-electron chi connectivity index (χ3n) is 13.3. The number of Topliss-reactive ketones (excluding diaryl/α,β-unsaturated/α-hetero) is 3. The van der Waals surface area contributed by atoms with Crippen molar-refractivity contribution in [2.75, 3.05) is 0 Å². The Kier molecular flexibility index (Phi) is 9.45. The molecule has 0 bridgehead atoms. The van der Waals surface area contributed by atoms with Crippen LogP contribution < -0.4 is 0 Å². The van der Waals surface area contributed by atoms with Gasteiger partial charge in [0.15, 0.2) is 11.6 Å². The van der Waals surface area contributed by atoms with Gasteiger partial charge in [-0.3, -0.25) is 24.0 Å². The molecule has 50 heavy (non-hydrogen) atoms. The Labute approximate surface area is 293 Å². The van der Waals surface area contributed by atoms with Crippen molar-refractivity contribution >= 4 is 29.1 Å². The SMILES string of the molecule is CC(=O)O[C@H]1C(=O)[C@@H](O)[C@H](C)O[C@H]1O[C@@H]1C[C@@]2(C)[C@@H]3CC=C4[C@@H](C[C@H](O)C(=O)C4(C)C)[C@]3(C)C(=O)C[C@]2(C)[C@H]1[C@@](C)(O)C(=O)/C=C/C(C)(C)O. The summed E-state index contributed by atoms with van der Waals surface area (Å²) >= 11 is 0. The Hall–Kier alpha value is -2.61. The van der Waals surface area contributed by atoms with Gasteiger partial charge in [0.1, 0.15) is 23.6 Å². The molecular weight excluding hydrogens is 648 g/mol. The number of aliphatic hydroxyl groups excluding tert-OH is 2. The maximum absolute atomic E-state index is 14.8. The maximum Gasteiger partial charge on any atom is 0.303 e. The molecule has 1 heterocycles. The van der Waals surface area contributed by atoms with Gasteiger partial charge in [-0.25, -0.2) is 0 Å². The highest BCUT2D eigenvalue weighted by Crippen LogP contribution is 2.74. The molecule has 0 unspecified atom stereocenters. The van der Waals surface area contributed by atoms with E-state index < -0.39 is 99.0 Å². The first-order chi connectivity index (χ1) is 22.7. The minimum Gasteiger partial charge on any atom is -0.449 e. The number of hydrogen-bond acceptors (Lipinski definition) is 12. The molecule has 0 amide bonds. The Morgan fingerprint density at radius 1 is 1.02 bits per heavy atom. The van der Waals surface area contributed by atoms with Crippen LogP contribution in [-0.2, 0) is 38.2 Å². The predicted molar refractivity (Wildman–Crippen MR) is 178 cm³/mol. The second-order valence-corrected chi connectivity index (χ2v) is 17.4. The van der Waals surface area contributed by atoms with E-state index >= 15 is 0 Å². The number of aliphatic hydroxyl groups is 4. The van der Waals surface area contributed by atoms with Crippen LogP contribution in [-0.4, -0.2) is 97.5 Å². The molecule has 1 saturated heterocycles. The molecular formula is C38H54O12. The molecule has 0 aromatic rings. The van der Waals surface area contributed by atoms with Crippen LogP contribution in [0.2, 0.25) is 0 Å². The molecule has 4 N–H and O–H groups in total. The van der Waals surface area contributed by atoms with Gasteiger partial charge in [0.25, 0.3) is 0 Å². The van der Waals surface area contributed by atoms with E-state index in [0.717, 1.165) is 18.6 Å². The van der Waals surface area contributed by atoms with E-state index in [9.17, 15) is 44.4 Å². The predicted octanol–water partition coefficient (Wildman–Crippen LogP) is 2.56. The zero-order chi connectivity index (χ0) is 37.7. The number of rotatable bonds is 7. The standard InChI is InChI=1S/C38H54O12/c1-18-27(43)28(44)29(49-19(2)39)32(48-18)50-23-16-35(7)24-12-11-20-21(15-22(40)31(45)34(20,5)6)37(24,9)26(42)17-36(35,8)30(23)38(10,47)25(41)13-14-33(3,4)46/h11,13-14,18,21-24,27,29-30,32,40,43,46-47H,12,15-17H2,1-10H3/b14-13+/t18-,21+,22-,23+,24-,27-,29-,30-,32-,35-,36+,37-,38-/m0/s1. The maximum atomic E-state index is 14.8. The average molecular weight is 703 g/mol. The van der Waals surface area contributed by atoms with Gasteiger partial charge >= 0.3 is 5.97 Å². The summed E-state index contributed by atoms with van der Waals surface area (Å²) in [4.78, 5) is 67.1. The molecule has 0 aromatic heterocycles. The van der Waals surface area contributed by atoms with Crippen molar-refractivity contribution in [2.24, 2.45) is 39.4 Å². The summed E-state index contributed by atoms with van der Waals surface area (Å²) < 4.78 is 17.8. The molecule has 13 atom stereocenters. The fourth-order valence-electron chi connectivity index (χ4n) is 10.5. The van der Waals surface area contributed by atoms with Gasteiger partial charge in [-0.2, -0.15) is 0 Å². The summed E-state index contributed by atoms with van der Waals surface area (Å²) in [5, 5.41) is 44.1. The normalized spacial score (nSPS) is 44.2. The monoisotopic (exact) mass is 702 g/mol. The van der Waals surface area contributed by atoms with E-state index in [4.69, 9.17) is 14.2 Å². The largest absolute Gasteiger partial charge is 0.449 e. The first-order valence-electron chi connectivity index (χ1n) is 17.6. The number of allylic oxidation sites excluding steroid dienone is 2. The van der Waals surface area contributed by atoms with Gasteiger partial charge in [-0.1, -0.05) is 38.5 Å². The van der Waals surface area contributed by atoms with Crippen LogP contribution in [0, 0.1) is 39.4 Å². The highest BCUT2D eigenvalue weighted by molar-refractivity contribution is 5.98. The molecule has 12 heteroatoms. The van der Waals surface area contributed by atoms with E-state index in [1.165, 1.54) is 33.8 Å². The molecule has 12 nitrogen and oxygen atoms in total. The van der Waals surface area contributed by atoms with Gasteiger partial charge < -0.3 is 34.6 Å². The Morgan fingerprint density at radius 2 is 1.64 bits per heavy atom. The second-order valence-electron chi connectivity index (χ2n) is 17.4. The molecule has 1 aliphatic heterocycles. The fraction of sp³-hybridized carbons (Fsp3) is 0.763. The van der Waals surface area contributed by atoms with Crippen LogP contribution in [0.1, 0.15) is 94.9 Å². The lowest BCUT2D eigenvalue weighted by molar-refractivity contribution is -0.274. The summed E-state index contributed by atoms with van der Waals surface area (Å²) in [6.07, 6.45) is -2.96. The van der Waals surface area contributed by atoms with Gasteiger partial charge in [0.05, 0.1) is 17.8 Å². The first-order valence-corrected chi connectivity index (χ1v) is 17.6. The fourth-order valence-corrected chi connectivity index (χ4v) is 10.5. The van der Waals surface area contributed by atoms with Gasteiger partial charge in [0, 0.05) is 30.1 Å². The molecule has 0 aromatic carbocycles. The van der Waals surface area contributed by atoms with Crippen molar-refractivity contribution in [3.8, 4) is 0 Å². The van der Waals surface area contributed by atoms with Crippen LogP contribution in [0.3, 0.4) is 0 Å². The van der Waals surface area contributed by atoms with Crippen LogP contribution in [0.5, 0.6) is 0 Å². The quantitative estimate of drug-likeness (QED) is 0.172. The van der Waals surface area contributed by atoms with Crippen LogP contribution >= 0.6 is 0 Å². The summed E-state index contributed by atoms with van der Waals surface area (Å²) in [6, 6.07) is 0. The molecule has 4 aliphatic carbocycles. The second kappa shape index (κ2) is 12.2. The van der Waals surface area contributed by atoms with Crippen LogP contribution in [0.4, 0.5) is 0 Å². The number of ketones is 4. The molecule has 3 saturated carbocycles. The number of ether oxygens (including phenoxy) is 3. The number of carbonyl (C=O) groups excluding carboxylic acids is 5. The van der Waals surface area contributed by atoms with Crippen molar-refractivity contribution in [3.05, 3.63) is 23.8 Å². The van der Waals surface area contributed by atoms with Crippen molar-refractivity contribution in [1.82, 2.24) is 0 Å². The summed E-state index contributed by atoms with van der Waals surface area (Å²) in [5.74, 6) is -4.63. The molecule has 0 radical (unpaired) electrons. The Bertz CT molecular complexity index is 1530. The zero-order valence-electron chi connectivity index (χ0n) is 30.8. The first kappa shape index (κ1) is 38.6. The van der Waals surface area contributed by atoms with Crippen molar-refractivity contribution < 1.29 is 58.6 Å². The van der Waals surface area contributed by atoms with E-state index in [1.54, 1.807) is 13.8 Å². The van der Waals surface area contributed by atoms with Crippen molar-refractivity contribution in [2.45, 2.75) is 143 Å². The number of esters is 1. The summed E-state index contributed by atoms with van der Waals surface area (Å²) in [5.41, 5.74) is -6.58. The smallest absolute Gasteiger partial charge is 0.303 e. The van der Waals surface area contributed by atoms with Gasteiger partial charge in [0.2, 0.25) is 18.2 Å². The van der Waals surface area contributed by atoms with Crippen LogP contribution in [0.25, 0.3) is 0 Å². The molecule has 278 valence electrons. The average Bonchev–Trinajstić information content (AvgIpc) is 3.21. The Balaban J connectivity index is 1.65. The van der Waals surface area contributed by atoms with E-state index in [0.29, 0.717) is 6.42 Å². The third-order valence-corrected chi connectivity index (χ3v) is 13.3. The minimum atomic E-state index is -2.17. The lowest BCUT2D eigenvalue weighted by atomic mass is 9.38. The number of fused-ring (bicyclic) bond motifs is 5. The van der Waals surface area contributed by atoms with Gasteiger partial charge in [-0.15, -0.1) is 0 Å². The highest BCUT2D eigenvalue weighted by Gasteiger charge is 2.75. The Morgan fingerprint density at radius 3 is 2.22 bits per heavy atom. The van der Waals surface area contributed by atoms with E-state index in [1.807, 2.05) is 26.8 Å². The topological polar surface area (TPSA) is 194 Å². The van der Waals surface area contributed by atoms with E-state index in [-0.39, 0.29) is 36.7 Å². The molecule has 5 aliphatic rings. The third kappa shape index (κ3) is 5.69. The molecule has 4 fully saturated rings.